The van der Waals surface area contributed by atoms with Crippen LogP contribution in [0.3, 0.4) is 0 Å². The van der Waals surface area contributed by atoms with Crippen LogP contribution in [-0.4, -0.2) is 0 Å². The fourth-order valence-electron chi connectivity index (χ4n) is 1.48. The lowest BCUT2D eigenvalue weighted by atomic mass is 10.2. The van der Waals surface area contributed by atoms with Gasteiger partial charge in [0.1, 0.15) is 18.2 Å². The summed E-state index contributed by atoms with van der Waals surface area (Å²) in [5.41, 5.74) is 0.593. The molecule has 0 saturated heterocycles. The monoisotopic (exact) mass is 252 g/mol. The van der Waals surface area contributed by atoms with E-state index in [0.29, 0.717) is 5.56 Å². The second kappa shape index (κ2) is 5.12. The molecule has 0 aliphatic heterocycles. The second-order valence-corrected chi connectivity index (χ2v) is 3.91. The molecule has 0 heterocycles. The fraction of sp³-hybridized carbons (Fsp3) is 0.143. The molecule has 0 atom stereocenters. The maximum Gasteiger partial charge on any atom is 0.165 e. The lowest BCUT2D eigenvalue weighted by molar-refractivity contribution is 0.295. The maximum atomic E-state index is 13.3. The molecule has 0 aromatic heterocycles. The Labute approximate surface area is 103 Å². The third-order valence-corrected chi connectivity index (χ3v) is 2.57. The van der Waals surface area contributed by atoms with Gasteiger partial charge in [-0.1, -0.05) is 18.2 Å². The number of rotatable bonds is 3. The molecule has 94 valence electrons. The van der Waals surface area contributed by atoms with E-state index in [-0.39, 0.29) is 17.9 Å². The number of benzene rings is 2. The van der Waals surface area contributed by atoms with Crippen molar-refractivity contribution in [2.75, 3.05) is 0 Å². The fourth-order valence-corrected chi connectivity index (χ4v) is 1.48. The Kier molecular flexibility index (Phi) is 3.55. The van der Waals surface area contributed by atoms with Crippen LogP contribution in [0.1, 0.15) is 11.1 Å². The highest BCUT2D eigenvalue weighted by Gasteiger charge is 2.08. The normalized spacial score (nSPS) is 10.4. The van der Waals surface area contributed by atoms with Crippen LogP contribution in [0.15, 0.2) is 36.4 Å². The van der Waals surface area contributed by atoms with Gasteiger partial charge in [-0.2, -0.15) is 0 Å². The second-order valence-electron chi connectivity index (χ2n) is 3.91. The molecular weight excluding hydrogens is 241 g/mol. The first-order valence-electron chi connectivity index (χ1n) is 5.40. The maximum absolute atomic E-state index is 13.3. The Balaban J connectivity index is 2.11. The molecule has 0 fully saturated rings. The molecule has 1 nitrogen and oxygen atoms in total. The predicted molar refractivity (Wildman–Crippen MR) is 61.8 cm³/mol. The summed E-state index contributed by atoms with van der Waals surface area (Å²) >= 11 is 0. The van der Waals surface area contributed by atoms with E-state index in [0.717, 1.165) is 6.07 Å². The van der Waals surface area contributed by atoms with E-state index in [9.17, 15) is 13.2 Å². The van der Waals surface area contributed by atoms with Gasteiger partial charge in [-0.3, -0.25) is 0 Å². The number of hydrogen-bond acceptors (Lipinski definition) is 1. The van der Waals surface area contributed by atoms with Gasteiger partial charge in [0.05, 0.1) is 0 Å². The Morgan fingerprint density at radius 1 is 1.00 bits per heavy atom. The smallest absolute Gasteiger partial charge is 0.165 e. The molecule has 2 aromatic carbocycles. The van der Waals surface area contributed by atoms with Gasteiger partial charge in [0.15, 0.2) is 11.6 Å². The van der Waals surface area contributed by atoms with Crippen LogP contribution < -0.4 is 4.74 Å². The van der Waals surface area contributed by atoms with Gasteiger partial charge in [0, 0.05) is 11.6 Å². The van der Waals surface area contributed by atoms with Crippen molar-refractivity contribution < 1.29 is 17.9 Å². The van der Waals surface area contributed by atoms with E-state index in [2.05, 4.69) is 0 Å². The highest BCUT2D eigenvalue weighted by molar-refractivity contribution is 5.28. The number of halogens is 3. The molecule has 0 bridgehead atoms. The minimum atomic E-state index is -0.940. The van der Waals surface area contributed by atoms with Gasteiger partial charge >= 0.3 is 0 Å². The first-order valence-corrected chi connectivity index (χ1v) is 5.40. The number of aryl methyl sites for hydroxylation is 1. The highest BCUT2D eigenvalue weighted by atomic mass is 19.2. The molecule has 0 aliphatic carbocycles. The van der Waals surface area contributed by atoms with Crippen molar-refractivity contribution in [2.45, 2.75) is 13.5 Å². The Bertz CT molecular complexity index is 567. The summed E-state index contributed by atoms with van der Waals surface area (Å²) in [5, 5.41) is 0. The average Bonchev–Trinajstić information content (AvgIpc) is 2.35. The SMILES string of the molecule is Cc1ccc(OCc2cccc(F)c2F)cc1F. The zero-order valence-electron chi connectivity index (χ0n) is 9.71. The largest absolute Gasteiger partial charge is 0.489 e. The van der Waals surface area contributed by atoms with Crippen LogP contribution in [0.5, 0.6) is 5.75 Å². The summed E-state index contributed by atoms with van der Waals surface area (Å²) in [6, 6.07) is 8.20. The summed E-state index contributed by atoms with van der Waals surface area (Å²) in [6.45, 7) is 1.48. The van der Waals surface area contributed by atoms with Gasteiger partial charge in [0.2, 0.25) is 0 Å². The zero-order valence-corrected chi connectivity index (χ0v) is 9.71. The molecular formula is C14H11F3O. The van der Waals surface area contributed by atoms with Gasteiger partial charge in [-0.15, -0.1) is 0 Å². The minimum Gasteiger partial charge on any atom is -0.489 e. The lowest BCUT2D eigenvalue weighted by Gasteiger charge is -2.08. The number of hydrogen-bond donors (Lipinski definition) is 0. The molecule has 0 N–H and O–H groups in total. The van der Waals surface area contributed by atoms with Crippen molar-refractivity contribution in [1.29, 1.82) is 0 Å². The van der Waals surface area contributed by atoms with Crippen LogP contribution in [-0.2, 0) is 6.61 Å². The quantitative estimate of drug-likeness (QED) is 0.802. The third kappa shape index (κ3) is 2.64. The zero-order chi connectivity index (χ0) is 13.1. The summed E-state index contributed by atoms with van der Waals surface area (Å²) < 4.78 is 44.7. The molecule has 2 rings (SSSR count). The van der Waals surface area contributed by atoms with Crippen LogP contribution >= 0.6 is 0 Å². The van der Waals surface area contributed by atoms with E-state index in [1.165, 1.54) is 18.2 Å². The van der Waals surface area contributed by atoms with E-state index in [1.807, 2.05) is 0 Å². The van der Waals surface area contributed by atoms with E-state index in [4.69, 9.17) is 4.74 Å². The van der Waals surface area contributed by atoms with Crippen molar-refractivity contribution in [3.63, 3.8) is 0 Å². The summed E-state index contributed by atoms with van der Waals surface area (Å²) in [5.74, 6) is -1.98. The van der Waals surface area contributed by atoms with E-state index in [1.54, 1.807) is 19.1 Å². The topological polar surface area (TPSA) is 9.23 Å². The molecule has 0 aliphatic rings. The van der Waals surface area contributed by atoms with Crippen LogP contribution in [0, 0.1) is 24.4 Å². The van der Waals surface area contributed by atoms with Crippen LogP contribution in [0.4, 0.5) is 13.2 Å². The third-order valence-electron chi connectivity index (χ3n) is 2.57. The average molecular weight is 252 g/mol. The van der Waals surface area contributed by atoms with Crippen molar-refractivity contribution in [3.8, 4) is 5.75 Å². The first-order chi connectivity index (χ1) is 8.58. The predicted octanol–water partition coefficient (Wildman–Crippen LogP) is 3.99. The van der Waals surface area contributed by atoms with Gasteiger partial charge in [-0.05, 0) is 24.6 Å². The van der Waals surface area contributed by atoms with Crippen molar-refractivity contribution in [3.05, 3.63) is 65.0 Å². The van der Waals surface area contributed by atoms with Crippen molar-refractivity contribution in [2.24, 2.45) is 0 Å². The van der Waals surface area contributed by atoms with Crippen molar-refractivity contribution in [1.82, 2.24) is 0 Å². The molecule has 0 saturated carbocycles. The van der Waals surface area contributed by atoms with E-state index < -0.39 is 17.5 Å². The van der Waals surface area contributed by atoms with Crippen LogP contribution in [0.25, 0.3) is 0 Å². The summed E-state index contributed by atoms with van der Waals surface area (Å²) in [7, 11) is 0. The Morgan fingerprint density at radius 2 is 1.78 bits per heavy atom. The first kappa shape index (κ1) is 12.5. The van der Waals surface area contributed by atoms with Gasteiger partial charge in [0.25, 0.3) is 0 Å². The molecule has 0 amide bonds. The Morgan fingerprint density at radius 3 is 2.50 bits per heavy atom. The molecule has 0 unspecified atom stereocenters. The molecule has 4 heteroatoms. The van der Waals surface area contributed by atoms with Gasteiger partial charge < -0.3 is 4.74 Å². The summed E-state index contributed by atoms with van der Waals surface area (Å²) in [4.78, 5) is 0. The lowest BCUT2D eigenvalue weighted by Crippen LogP contribution is -2.00. The molecule has 2 aromatic rings. The minimum absolute atomic E-state index is 0.0935. The number of ether oxygens (including phenoxy) is 1. The van der Waals surface area contributed by atoms with E-state index >= 15 is 0 Å². The highest BCUT2D eigenvalue weighted by Crippen LogP contribution is 2.18. The van der Waals surface area contributed by atoms with Crippen LogP contribution in [0.2, 0.25) is 0 Å². The Hall–Kier alpha value is -1.97. The van der Waals surface area contributed by atoms with Crippen molar-refractivity contribution >= 4 is 0 Å². The standard InChI is InChI=1S/C14H11F3O/c1-9-5-6-11(7-13(9)16)18-8-10-3-2-4-12(15)14(10)17/h2-7H,8H2,1H3. The molecule has 0 radical (unpaired) electrons. The molecule has 0 spiro atoms. The van der Waals surface area contributed by atoms with Gasteiger partial charge in [-0.25, -0.2) is 13.2 Å². The molecule has 18 heavy (non-hydrogen) atoms. The summed E-state index contributed by atoms with van der Waals surface area (Å²) in [6.07, 6.45) is 0.